The lowest BCUT2D eigenvalue weighted by molar-refractivity contribution is -0.121. The Hall–Kier alpha value is -2.25. The Bertz CT molecular complexity index is 816. The van der Waals surface area contributed by atoms with Crippen LogP contribution in [0.15, 0.2) is 47.2 Å². The van der Waals surface area contributed by atoms with E-state index in [1.165, 1.54) is 23.5 Å². The molecule has 0 radical (unpaired) electrons. The summed E-state index contributed by atoms with van der Waals surface area (Å²) in [6.45, 7) is 2.26. The van der Waals surface area contributed by atoms with Gasteiger partial charge >= 0.3 is 0 Å². The lowest BCUT2D eigenvalue weighted by atomic mass is 10.2. The van der Waals surface area contributed by atoms with Crippen LogP contribution in [0.4, 0.5) is 4.39 Å². The van der Waals surface area contributed by atoms with Gasteiger partial charge in [0.1, 0.15) is 23.2 Å². The van der Waals surface area contributed by atoms with Gasteiger partial charge in [0.2, 0.25) is 5.91 Å². The highest BCUT2D eigenvalue weighted by Gasteiger charge is 2.13. The number of nitrogens with zero attached hydrogens (tertiary/aromatic N) is 1. The van der Waals surface area contributed by atoms with Crippen molar-refractivity contribution in [1.29, 1.82) is 0 Å². The highest BCUT2D eigenvalue weighted by atomic mass is 32.1. The Morgan fingerprint density at radius 2 is 2.08 bits per heavy atom. The Morgan fingerprint density at radius 3 is 2.80 bits per heavy atom. The normalized spacial score (nSPS) is 11.9. The Labute approximate surface area is 153 Å². The first-order valence-corrected chi connectivity index (χ1v) is 9.50. The van der Waals surface area contributed by atoms with Crippen molar-refractivity contribution in [1.82, 2.24) is 10.3 Å². The summed E-state index contributed by atoms with van der Waals surface area (Å²) in [6.07, 6.45) is 0.239. The van der Waals surface area contributed by atoms with Crippen LogP contribution in [0.2, 0.25) is 0 Å². The third-order valence-corrected chi connectivity index (χ3v) is 5.39. The first-order valence-electron chi connectivity index (χ1n) is 7.74. The minimum Gasteiger partial charge on any atom is -0.486 e. The number of rotatable bonds is 7. The van der Waals surface area contributed by atoms with Crippen LogP contribution in [-0.4, -0.2) is 10.9 Å². The molecule has 1 amide bonds. The predicted octanol–water partition coefficient (Wildman–Crippen LogP) is 4.34. The molecule has 1 N–H and O–H groups in total. The van der Waals surface area contributed by atoms with Gasteiger partial charge in [-0.3, -0.25) is 4.79 Å². The van der Waals surface area contributed by atoms with Gasteiger partial charge < -0.3 is 10.1 Å². The van der Waals surface area contributed by atoms with Crippen molar-refractivity contribution in [2.75, 3.05) is 0 Å². The van der Waals surface area contributed by atoms with E-state index in [2.05, 4.69) is 10.3 Å². The van der Waals surface area contributed by atoms with Crippen LogP contribution >= 0.6 is 22.7 Å². The van der Waals surface area contributed by atoms with E-state index in [9.17, 15) is 9.18 Å². The Balaban J connectivity index is 1.49. The van der Waals surface area contributed by atoms with E-state index in [0.29, 0.717) is 12.4 Å². The molecule has 0 spiro atoms. The summed E-state index contributed by atoms with van der Waals surface area (Å²) in [4.78, 5) is 17.7. The van der Waals surface area contributed by atoms with Crippen LogP contribution in [0.3, 0.4) is 0 Å². The van der Waals surface area contributed by atoms with Crippen LogP contribution < -0.4 is 10.1 Å². The van der Waals surface area contributed by atoms with Gasteiger partial charge in [-0.2, -0.15) is 0 Å². The second-order valence-electron chi connectivity index (χ2n) is 5.46. The molecule has 3 aromatic rings. The standard InChI is InChI=1S/C18H17FN2O2S2/c1-12(16-3-2-8-24-16)20-17(22)9-14-11-25-18(21-14)10-23-15-6-4-13(19)5-7-15/h2-8,11-12H,9-10H2,1H3,(H,20,22). The third-order valence-electron chi connectivity index (χ3n) is 3.46. The molecule has 0 aliphatic rings. The number of amides is 1. The monoisotopic (exact) mass is 376 g/mol. The largest absolute Gasteiger partial charge is 0.486 e. The summed E-state index contributed by atoms with van der Waals surface area (Å²) in [5.41, 5.74) is 0.721. The molecule has 0 saturated carbocycles. The van der Waals surface area contributed by atoms with Crippen LogP contribution in [0, 0.1) is 5.82 Å². The van der Waals surface area contributed by atoms with Crippen LogP contribution in [0.1, 0.15) is 28.5 Å². The van der Waals surface area contributed by atoms with E-state index in [1.807, 2.05) is 29.8 Å². The molecule has 1 unspecified atom stereocenters. The summed E-state index contributed by atoms with van der Waals surface area (Å²) in [5, 5.41) is 7.60. The van der Waals surface area contributed by atoms with Crippen molar-refractivity contribution < 1.29 is 13.9 Å². The molecule has 2 heterocycles. The fraction of sp³-hybridized carbons (Fsp3) is 0.222. The van der Waals surface area contributed by atoms with Crippen LogP contribution in [-0.2, 0) is 17.8 Å². The van der Waals surface area contributed by atoms with Crippen molar-refractivity contribution >= 4 is 28.6 Å². The summed E-state index contributed by atoms with van der Waals surface area (Å²) < 4.78 is 18.4. The van der Waals surface area contributed by atoms with Gasteiger partial charge in [-0.25, -0.2) is 9.37 Å². The molecule has 1 atom stereocenters. The number of aromatic nitrogens is 1. The molecule has 25 heavy (non-hydrogen) atoms. The molecule has 3 rings (SSSR count). The quantitative estimate of drug-likeness (QED) is 0.667. The van der Waals surface area contributed by atoms with Crippen molar-refractivity contribution in [2.24, 2.45) is 0 Å². The molecule has 130 valence electrons. The lowest BCUT2D eigenvalue weighted by Crippen LogP contribution is -2.27. The molecule has 0 bridgehead atoms. The van der Waals surface area contributed by atoms with E-state index in [4.69, 9.17) is 4.74 Å². The van der Waals surface area contributed by atoms with Crippen molar-refractivity contribution in [3.63, 3.8) is 0 Å². The van der Waals surface area contributed by atoms with Gasteiger partial charge in [-0.05, 0) is 42.6 Å². The lowest BCUT2D eigenvalue weighted by Gasteiger charge is -2.11. The number of hydrogen-bond acceptors (Lipinski definition) is 5. The van der Waals surface area contributed by atoms with E-state index >= 15 is 0 Å². The van der Waals surface area contributed by atoms with Gasteiger partial charge in [0.05, 0.1) is 18.2 Å². The minimum absolute atomic E-state index is 0.00702. The Morgan fingerprint density at radius 1 is 1.28 bits per heavy atom. The number of halogens is 1. The minimum atomic E-state index is -0.299. The number of hydrogen-bond donors (Lipinski definition) is 1. The molecule has 7 heteroatoms. The fourth-order valence-electron chi connectivity index (χ4n) is 2.24. The maximum absolute atomic E-state index is 12.9. The molecule has 0 aliphatic heterocycles. The number of benzene rings is 1. The summed E-state index contributed by atoms with van der Waals surface area (Å²) in [7, 11) is 0. The zero-order valence-corrected chi connectivity index (χ0v) is 15.2. The average molecular weight is 376 g/mol. The van der Waals surface area contributed by atoms with Crippen molar-refractivity contribution in [2.45, 2.75) is 26.0 Å². The van der Waals surface area contributed by atoms with Gasteiger partial charge in [-0.15, -0.1) is 22.7 Å². The van der Waals surface area contributed by atoms with E-state index < -0.39 is 0 Å². The molecule has 1 aromatic carbocycles. The summed E-state index contributed by atoms with van der Waals surface area (Å²) in [6, 6.07) is 9.81. The van der Waals surface area contributed by atoms with E-state index in [1.54, 1.807) is 23.5 Å². The predicted molar refractivity (Wildman–Crippen MR) is 97.4 cm³/mol. The zero-order chi connectivity index (χ0) is 17.6. The van der Waals surface area contributed by atoms with Crippen molar-refractivity contribution in [3.05, 3.63) is 68.6 Å². The third kappa shape index (κ3) is 5.11. The summed E-state index contributed by atoms with van der Waals surface area (Å²) in [5.74, 6) is 0.226. The van der Waals surface area contributed by atoms with Crippen molar-refractivity contribution in [3.8, 4) is 5.75 Å². The number of nitrogens with one attached hydrogen (secondary N) is 1. The molecule has 0 fully saturated rings. The zero-order valence-electron chi connectivity index (χ0n) is 13.6. The number of thiazole rings is 1. The second-order valence-corrected chi connectivity index (χ2v) is 7.38. The van der Waals surface area contributed by atoms with Gasteiger partial charge in [0.25, 0.3) is 0 Å². The van der Waals surface area contributed by atoms with Crippen LogP contribution in [0.5, 0.6) is 5.75 Å². The topological polar surface area (TPSA) is 51.2 Å². The molecule has 4 nitrogen and oxygen atoms in total. The molecule has 0 aliphatic carbocycles. The molecule has 2 aromatic heterocycles. The summed E-state index contributed by atoms with van der Waals surface area (Å²) >= 11 is 3.06. The smallest absolute Gasteiger partial charge is 0.226 e. The first-order chi connectivity index (χ1) is 12.1. The highest BCUT2D eigenvalue weighted by Crippen LogP contribution is 2.19. The average Bonchev–Trinajstić information content (AvgIpc) is 3.26. The number of carbonyl (C=O) groups is 1. The molecular formula is C18H17FN2O2S2. The number of ether oxygens (including phenoxy) is 1. The second kappa shape index (κ2) is 8.22. The van der Waals surface area contributed by atoms with Gasteiger partial charge in [-0.1, -0.05) is 6.07 Å². The van der Waals surface area contributed by atoms with E-state index in [-0.39, 0.29) is 24.2 Å². The highest BCUT2D eigenvalue weighted by molar-refractivity contribution is 7.10. The first kappa shape index (κ1) is 17.6. The maximum atomic E-state index is 12.9. The molecule has 0 saturated heterocycles. The van der Waals surface area contributed by atoms with Gasteiger partial charge in [0.15, 0.2) is 0 Å². The maximum Gasteiger partial charge on any atom is 0.226 e. The number of carbonyl (C=O) groups excluding carboxylic acids is 1. The number of thiophene rings is 1. The van der Waals surface area contributed by atoms with Crippen LogP contribution in [0.25, 0.3) is 0 Å². The molecular weight excluding hydrogens is 359 g/mol. The fourth-order valence-corrected chi connectivity index (χ4v) is 3.68. The van der Waals surface area contributed by atoms with E-state index in [0.717, 1.165) is 15.6 Å². The Kier molecular flexibility index (Phi) is 5.78. The SMILES string of the molecule is CC(NC(=O)Cc1csc(COc2ccc(F)cc2)n1)c1cccs1. The van der Waals surface area contributed by atoms with Gasteiger partial charge in [0, 0.05) is 10.3 Å².